The fraction of sp³-hybridized carbons (Fsp3) is 0.478. The monoisotopic (exact) mass is 629 g/mol. The first-order valence-corrected chi connectivity index (χ1v) is 15.3. The fourth-order valence-corrected chi connectivity index (χ4v) is 7.96. The Morgan fingerprint density at radius 1 is 1.18 bits per heavy atom. The van der Waals surface area contributed by atoms with Crippen molar-refractivity contribution in [2.24, 2.45) is 0 Å². The van der Waals surface area contributed by atoms with E-state index in [1.54, 1.807) is 33.8 Å². The third kappa shape index (κ3) is 6.56. The molecule has 11 nitrogen and oxygen atoms in total. The average Bonchev–Trinajstić information content (AvgIpc) is 3.48. The van der Waals surface area contributed by atoms with E-state index in [0.717, 1.165) is 9.75 Å². The molecule has 0 saturated carbocycles. The van der Waals surface area contributed by atoms with Crippen LogP contribution in [-0.2, 0) is 36.2 Å². The topological polar surface area (TPSA) is 151 Å². The van der Waals surface area contributed by atoms with Gasteiger partial charge < -0.3 is 20.5 Å². The Bertz CT molecular complexity index is 1350. The molecule has 0 radical (unpaired) electrons. The first kappa shape index (κ1) is 29.7. The number of aliphatic carboxylic acids is 1. The number of amides is 3. The van der Waals surface area contributed by atoms with Crippen molar-refractivity contribution in [2.45, 2.75) is 61.8 Å². The first-order valence-electron chi connectivity index (χ1n) is 11.7. The highest BCUT2D eigenvalue weighted by molar-refractivity contribution is 8.01. The molecule has 39 heavy (non-hydrogen) atoms. The molecular formula is C23H27N5O6S5. The molecule has 0 aromatic carbocycles. The summed E-state index contributed by atoms with van der Waals surface area (Å²) in [6.07, 6.45) is -0.490. The van der Waals surface area contributed by atoms with Gasteiger partial charge in [-0.05, 0) is 39.8 Å². The van der Waals surface area contributed by atoms with Gasteiger partial charge in [0.2, 0.25) is 5.91 Å². The number of carbonyl (C=O) groups is 4. The second-order valence-corrected chi connectivity index (χ2v) is 15.0. The van der Waals surface area contributed by atoms with Crippen molar-refractivity contribution in [2.75, 3.05) is 5.75 Å². The number of thiol groups is 2. The van der Waals surface area contributed by atoms with Gasteiger partial charge in [0.15, 0.2) is 0 Å². The fourth-order valence-electron chi connectivity index (χ4n) is 3.92. The Morgan fingerprint density at radius 2 is 1.87 bits per heavy atom. The van der Waals surface area contributed by atoms with E-state index in [4.69, 9.17) is 4.74 Å². The zero-order chi connectivity index (χ0) is 28.7. The molecular weight excluding hydrogens is 603 g/mol. The molecule has 2 aliphatic heterocycles. The predicted octanol–water partition coefficient (Wildman–Crippen LogP) is 2.93. The van der Waals surface area contributed by atoms with Gasteiger partial charge in [-0.1, -0.05) is 11.3 Å². The Hall–Kier alpha value is -2.27. The standard InChI is InChI=1S/C23H27N5O6S5/c1-10-26-27-20(38-10)23(35,36)13-9-37-18-15(17(30)28(18)16(13)19(31)32)25-14(29)7-11-5-6-12(39-11)8-24-21(33)34-22(2,3)4/h5-6,15,18,35-36H,7-9H2,1-4H3,(H,24,33)(H,25,29)(H,31,32)/t15-,18+/m1/s1. The number of alkyl carbamates (subject to hydrolysis) is 1. The van der Waals surface area contributed by atoms with Crippen molar-refractivity contribution < 1.29 is 29.0 Å². The lowest BCUT2D eigenvalue weighted by Crippen LogP contribution is -2.71. The number of fused-ring (bicyclic) bond motifs is 1. The number of nitrogens with zero attached hydrogens (tertiary/aromatic N) is 3. The molecule has 0 aliphatic carbocycles. The van der Waals surface area contributed by atoms with Crippen molar-refractivity contribution in [3.63, 3.8) is 0 Å². The minimum absolute atomic E-state index is 0.0396. The summed E-state index contributed by atoms with van der Waals surface area (Å²) >= 11 is 13.1. The van der Waals surface area contributed by atoms with Crippen LogP contribution < -0.4 is 10.6 Å². The molecule has 3 amide bonds. The second-order valence-electron chi connectivity index (χ2n) is 9.79. The highest BCUT2D eigenvalue weighted by Gasteiger charge is 2.56. The van der Waals surface area contributed by atoms with Gasteiger partial charge in [0, 0.05) is 21.1 Å². The summed E-state index contributed by atoms with van der Waals surface area (Å²) in [6, 6.07) is 2.74. The van der Waals surface area contributed by atoms with Gasteiger partial charge in [-0.2, -0.15) is 25.3 Å². The Labute approximate surface area is 248 Å². The van der Waals surface area contributed by atoms with E-state index in [-0.39, 0.29) is 30.3 Å². The van der Waals surface area contributed by atoms with Gasteiger partial charge in [-0.15, -0.1) is 33.3 Å². The normalized spacial score (nSPS) is 19.3. The minimum atomic E-state index is -1.33. The van der Waals surface area contributed by atoms with Crippen LogP contribution in [0, 0.1) is 6.92 Å². The molecule has 1 saturated heterocycles. The van der Waals surface area contributed by atoms with Gasteiger partial charge in [-0.25, -0.2) is 9.59 Å². The number of thiophene rings is 1. The van der Waals surface area contributed by atoms with Crippen molar-refractivity contribution in [1.29, 1.82) is 0 Å². The number of ether oxygens (including phenoxy) is 1. The summed E-state index contributed by atoms with van der Waals surface area (Å²) < 4.78 is 3.88. The maximum Gasteiger partial charge on any atom is 0.407 e. The second kappa shape index (κ2) is 11.3. The van der Waals surface area contributed by atoms with Crippen LogP contribution in [0.5, 0.6) is 0 Å². The van der Waals surface area contributed by atoms with Crippen molar-refractivity contribution in [1.82, 2.24) is 25.7 Å². The zero-order valence-corrected chi connectivity index (χ0v) is 25.6. The quantitative estimate of drug-likeness (QED) is 0.169. The van der Waals surface area contributed by atoms with Crippen LogP contribution in [0.4, 0.5) is 4.79 Å². The van der Waals surface area contributed by atoms with Crippen molar-refractivity contribution in [3.8, 4) is 0 Å². The Balaban J connectivity index is 1.38. The van der Waals surface area contributed by atoms with E-state index in [2.05, 4.69) is 46.1 Å². The van der Waals surface area contributed by atoms with E-state index in [1.165, 1.54) is 39.3 Å². The number of carboxylic acid groups (broad SMARTS) is 1. The van der Waals surface area contributed by atoms with Crippen molar-refractivity contribution in [3.05, 3.63) is 43.2 Å². The molecule has 16 heteroatoms. The summed E-state index contributed by atoms with van der Waals surface area (Å²) in [7, 11) is 0. The third-order valence-corrected chi connectivity index (χ3v) is 10.2. The molecule has 2 aromatic rings. The number of nitrogens with one attached hydrogen (secondary N) is 2. The molecule has 4 heterocycles. The van der Waals surface area contributed by atoms with Crippen LogP contribution in [-0.4, -0.2) is 66.9 Å². The average molecular weight is 630 g/mol. The third-order valence-electron chi connectivity index (χ3n) is 5.59. The van der Waals surface area contributed by atoms with Gasteiger partial charge in [0.25, 0.3) is 5.91 Å². The lowest BCUT2D eigenvalue weighted by molar-refractivity contribution is -0.150. The Kier molecular flexibility index (Phi) is 8.61. The number of β-lactam (4-membered cyclic amide) rings is 1. The number of aromatic nitrogens is 2. The largest absolute Gasteiger partial charge is 0.477 e. The molecule has 0 unspecified atom stereocenters. The van der Waals surface area contributed by atoms with Crippen LogP contribution in [0.3, 0.4) is 0 Å². The van der Waals surface area contributed by atoms with Crippen LogP contribution >= 0.6 is 59.7 Å². The summed E-state index contributed by atoms with van der Waals surface area (Å²) in [5.41, 5.74) is -0.479. The Morgan fingerprint density at radius 3 is 2.49 bits per heavy atom. The lowest BCUT2D eigenvalue weighted by atomic mass is 10.0. The number of carboxylic acids is 1. The SMILES string of the molecule is Cc1nnc(C(S)(S)C2=C(C(=O)O)N3C(=O)[C@@H](NC(=O)Cc4ccc(CNC(=O)OC(C)(C)C)s4)[C@@H]3SC2)s1. The summed E-state index contributed by atoms with van der Waals surface area (Å²) in [4.78, 5) is 52.7. The maximum absolute atomic E-state index is 13.0. The summed E-state index contributed by atoms with van der Waals surface area (Å²) in [5, 5.41) is 23.9. The van der Waals surface area contributed by atoms with Gasteiger partial charge in [0.1, 0.15) is 36.8 Å². The van der Waals surface area contributed by atoms with E-state index >= 15 is 0 Å². The molecule has 210 valence electrons. The predicted molar refractivity (Wildman–Crippen MR) is 155 cm³/mol. The van der Waals surface area contributed by atoms with Crippen LogP contribution in [0.1, 0.15) is 40.5 Å². The molecule has 1 fully saturated rings. The maximum atomic E-state index is 13.0. The van der Waals surface area contributed by atoms with Gasteiger partial charge in [0.05, 0.1) is 13.0 Å². The highest BCUT2D eigenvalue weighted by Crippen LogP contribution is 2.50. The molecule has 2 aromatic heterocycles. The lowest BCUT2D eigenvalue weighted by Gasteiger charge is -2.50. The van der Waals surface area contributed by atoms with Gasteiger partial charge in [-0.3, -0.25) is 14.5 Å². The first-order chi connectivity index (χ1) is 18.2. The smallest absolute Gasteiger partial charge is 0.407 e. The zero-order valence-electron chi connectivity index (χ0n) is 21.4. The van der Waals surface area contributed by atoms with E-state index in [0.29, 0.717) is 15.6 Å². The molecule has 0 spiro atoms. The number of thioether (sulfide) groups is 1. The molecule has 3 N–H and O–H groups in total. The summed E-state index contributed by atoms with van der Waals surface area (Å²) in [6.45, 7) is 7.36. The molecule has 0 bridgehead atoms. The number of aryl methyl sites for hydroxylation is 1. The number of hydrogen-bond acceptors (Lipinski definition) is 12. The minimum Gasteiger partial charge on any atom is -0.477 e. The van der Waals surface area contributed by atoms with Crippen LogP contribution in [0.2, 0.25) is 0 Å². The van der Waals surface area contributed by atoms with Gasteiger partial charge >= 0.3 is 12.1 Å². The van der Waals surface area contributed by atoms with Crippen molar-refractivity contribution >= 4 is 83.6 Å². The number of carbonyl (C=O) groups excluding carboxylic acids is 3. The van der Waals surface area contributed by atoms with E-state index in [1.807, 2.05) is 6.07 Å². The van der Waals surface area contributed by atoms with Crippen LogP contribution in [0.25, 0.3) is 0 Å². The van der Waals surface area contributed by atoms with E-state index in [9.17, 15) is 24.3 Å². The van der Waals surface area contributed by atoms with E-state index < -0.39 is 39.1 Å². The highest BCUT2D eigenvalue weighted by atomic mass is 32.2. The molecule has 4 rings (SSSR count). The molecule has 2 aliphatic rings. The number of rotatable bonds is 8. The summed E-state index contributed by atoms with van der Waals surface area (Å²) in [5.74, 6) is -1.94. The molecule has 2 atom stereocenters. The number of hydrogen-bond donors (Lipinski definition) is 5. The van der Waals surface area contributed by atoms with Crippen LogP contribution in [0.15, 0.2) is 23.4 Å².